The van der Waals surface area contributed by atoms with Crippen molar-refractivity contribution in [3.05, 3.63) is 28.8 Å². The highest BCUT2D eigenvalue weighted by Crippen LogP contribution is 2.20. The minimum atomic E-state index is -0.932. The summed E-state index contributed by atoms with van der Waals surface area (Å²) in [6.07, 6.45) is 0. The maximum Gasteiger partial charge on any atom is 0.308 e. The zero-order chi connectivity index (χ0) is 15.3. The summed E-state index contributed by atoms with van der Waals surface area (Å²) < 4.78 is 5.37. The lowest BCUT2D eigenvalue weighted by molar-refractivity contribution is -0.143. The predicted molar refractivity (Wildman–Crippen MR) is 76.1 cm³/mol. The van der Waals surface area contributed by atoms with Crippen molar-refractivity contribution >= 4 is 23.5 Å². The first-order chi connectivity index (χ1) is 9.31. The summed E-state index contributed by atoms with van der Waals surface area (Å²) in [5.41, 5.74) is 0.865. The van der Waals surface area contributed by atoms with E-state index >= 15 is 0 Å². The van der Waals surface area contributed by atoms with Crippen molar-refractivity contribution in [1.29, 1.82) is 0 Å². The van der Waals surface area contributed by atoms with Gasteiger partial charge in [-0.15, -0.1) is 0 Å². The number of hydrogen-bond acceptors (Lipinski definition) is 3. The molecule has 0 radical (unpaired) electrons. The molecule has 1 unspecified atom stereocenters. The standard InChI is InChI=1S/C14H18ClNO4/c1-9-6-11(4-5-12(9)15)20-8-13(17)16(3)7-10(2)14(18)19/h4-6,10H,7-8H2,1-3H3,(H,18,19). The van der Waals surface area contributed by atoms with Gasteiger partial charge in [0.05, 0.1) is 5.92 Å². The number of rotatable bonds is 6. The number of carboxylic acid groups (broad SMARTS) is 1. The third kappa shape index (κ3) is 4.74. The first-order valence-corrected chi connectivity index (χ1v) is 6.54. The maximum absolute atomic E-state index is 11.8. The van der Waals surface area contributed by atoms with Gasteiger partial charge in [0.15, 0.2) is 6.61 Å². The van der Waals surface area contributed by atoms with Gasteiger partial charge in [-0.2, -0.15) is 0 Å². The molecule has 20 heavy (non-hydrogen) atoms. The van der Waals surface area contributed by atoms with Crippen LogP contribution in [0.4, 0.5) is 0 Å². The van der Waals surface area contributed by atoms with Crippen molar-refractivity contribution in [3.63, 3.8) is 0 Å². The van der Waals surface area contributed by atoms with Gasteiger partial charge in [-0.25, -0.2) is 0 Å². The van der Waals surface area contributed by atoms with Crippen molar-refractivity contribution in [2.24, 2.45) is 5.92 Å². The van der Waals surface area contributed by atoms with Gasteiger partial charge in [-0.1, -0.05) is 18.5 Å². The Kier molecular flexibility index (Phi) is 5.82. The molecule has 0 saturated heterocycles. The van der Waals surface area contributed by atoms with E-state index in [9.17, 15) is 9.59 Å². The number of likely N-dealkylation sites (N-methyl/N-ethyl adjacent to an activating group) is 1. The lowest BCUT2D eigenvalue weighted by Gasteiger charge is -2.19. The van der Waals surface area contributed by atoms with E-state index in [0.29, 0.717) is 10.8 Å². The topological polar surface area (TPSA) is 66.8 Å². The molecule has 0 heterocycles. The average Bonchev–Trinajstić information content (AvgIpc) is 2.39. The van der Waals surface area contributed by atoms with E-state index in [1.165, 1.54) is 4.90 Å². The average molecular weight is 300 g/mol. The minimum Gasteiger partial charge on any atom is -0.484 e. The smallest absolute Gasteiger partial charge is 0.308 e. The van der Waals surface area contributed by atoms with Gasteiger partial charge < -0.3 is 14.7 Å². The number of carboxylic acids is 1. The third-order valence-electron chi connectivity index (χ3n) is 2.89. The number of aryl methyl sites for hydroxylation is 1. The van der Waals surface area contributed by atoms with E-state index in [2.05, 4.69) is 0 Å². The van der Waals surface area contributed by atoms with E-state index in [4.69, 9.17) is 21.4 Å². The summed E-state index contributed by atoms with van der Waals surface area (Å²) in [6.45, 7) is 3.41. The van der Waals surface area contributed by atoms with Crippen LogP contribution in [0.25, 0.3) is 0 Å². The number of nitrogens with zero attached hydrogens (tertiary/aromatic N) is 1. The van der Waals surface area contributed by atoms with Crippen LogP contribution in [-0.2, 0) is 9.59 Å². The molecule has 0 spiro atoms. The normalized spacial score (nSPS) is 11.8. The zero-order valence-corrected chi connectivity index (χ0v) is 12.5. The van der Waals surface area contributed by atoms with E-state index < -0.39 is 11.9 Å². The van der Waals surface area contributed by atoms with Crippen LogP contribution in [0, 0.1) is 12.8 Å². The number of aliphatic carboxylic acids is 1. The van der Waals surface area contributed by atoms with Gasteiger partial charge in [-0.05, 0) is 30.7 Å². The molecule has 5 nitrogen and oxygen atoms in total. The van der Waals surface area contributed by atoms with Crippen LogP contribution in [0.5, 0.6) is 5.75 Å². The fourth-order valence-corrected chi connectivity index (χ4v) is 1.67. The highest BCUT2D eigenvalue weighted by Gasteiger charge is 2.17. The van der Waals surface area contributed by atoms with Crippen LogP contribution < -0.4 is 4.74 Å². The largest absolute Gasteiger partial charge is 0.484 e. The Bertz CT molecular complexity index is 504. The molecule has 1 aromatic rings. The van der Waals surface area contributed by atoms with Gasteiger partial charge in [0.1, 0.15) is 5.75 Å². The molecule has 0 aliphatic heterocycles. The monoisotopic (exact) mass is 299 g/mol. The summed E-state index contributed by atoms with van der Waals surface area (Å²) in [7, 11) is 1.55. The SMILES string of the molecule is Cc1cc(OCC(=O)N(C)CC(C)C(=O)O)ccc1Cl. The van der Waals surface area contributed by atoms with E-state index in [0.717, 1.165) is 5.56 Å². The molecule has 0 bridgehead atoms. The van der Waals surface area contributed by atoms with Crippen molar-refractivity contribution < 1.29 is 19.4 Å². The lowest BCUT2D eigenvalue weighted by atomic mass is 10.2. The molecular formula is C14H18ClNO4. The molecule has 6 heteroatoms. The van der Waals surface area contributed by atoms with Crippen LogP contribution in [0.2, 0.25) is 5.02 Å². The molecule has 0 saturated carbocycles. The molecule has 1 aromatic carbocycles. The molecule has 110 valence electrons. The van der Waals surface area contributed by atoms with Crippen LogP contribution in [0.15, 0.2) is 18.2 Å². The Hall–Kier alpha value is -1.75. The number of hydrogen-bond donors (Lipinski definition) is 1. The second kappa shape index (κ2) is 7.14. The molecule has 0 aliphatic carbocycles. The number of benzene rings is 1. The van der Waals surface area contributed by atoms with Crippen molar-refractivity contribution in [2.75, 3.05) is 20.2 Å². The lowest BCUT2D eigenvalue weighted by Crippen LogP contribution is -2.36. The molecule has 1 atom stereocenters. The summed E-state index contributed by atoms with van der Waals surface area (Å²) in [6, 6.07) is 5.13. The Morgan fingerprint density at radius 2 is 2.10 bits per heavy atom. The van der Waals surface area contributed by atoms with E-state index in [1.807, 2.05) is 6.92 Å². The number of carbonyl (C=O) groups excluding carboxylic acids is 1. The van der Waals surface area contributed by atoms with E-state index in [-0.39, 0.29) is 19.1 Å². The first kappa shape index (κ1) is 16.3. The van der Waals surface area contributed by atoms with Crippen molar-refractivity contribution in [3.8, 4) is 5.75 Å². The van der Waals surface area contributed by atoms with Crippen LogP contribution in [0.1, 0.15) is 12.5 Å². The Balaban J connectivity index is 2.50. The fraction of sp³-hybridized carbons (Fsp3) is 0.429. The Labute approximate surface area is 123 Å². The highest BCUT2D eigenvalue weighted by atomic mass is 35.5. The zero-order valence-electron chi connectivity index (χ0n) is 11.7. The van der Waals surface area contributed by atoms with Gasteiger partial charge in [0.25, 0.3) is 5.91 Å². The van der Waals surface area contributed by atoms with Gasteiger partial charge in [0, 0.05) is 18.6 Å². The number of amides is 1. The van der Waals surface area contributed by atoms with Crippen LogP contribution in [-0.4, -0.2) is 42.1 Å². The van der Waals surface area contributed by atoms with Gasteiger partial charge in [0.2, 0.25) is 0 Å². The Morgan fingerprint density at radius 3 is 2.65 bits per heavy atom. The highest BCUT2D eigenvalue weighted by molar-refractivity contribution is 6.31. The summed E-state index contributed by atoms with van der Waals surface area (Å²) in [5, 5.41) is 9.43. The van der Waals surface area contributed by atoms with E-state index in [1.54, 1.807) is 32.2 Å². The molecule has 0 fully saturated rings. The molecule has 1 amide bonds. The number of halogens is 1. The molecule has 0 aliphatic rings. The molecule has 1 rings (SSSR count). The Morgan fingerprint density at radius 1 is 1.45 bits per heavy atom. The maximum atomic E-state index is 11.8. The quantitative estimate of drug-likeness (QED) is 0.874. The predicted octanol–water partition coefficient (Wildman–Crippen LogP) is 2.21. The fourth-order valence-electron chi connectivity index (χ4n) is 1.55. The first-order valence-electron chi connectivity index (χ1n) is 6.17. The second-order valence-electron chi connectivity index (χ2n) is 4.71. The third-order valence-corrected chi connectivity index (χ3v) is 3.31. The molecular weight excluding hydrogens is 282 g/mol. The van der Waals surface area contributed by atoms with Crippen molar-refractivity contribution in [1.82, 2.24) is 4.90 Å². The van der Waals surface area contributed by atoms with Crippen molar-refractivity contribution in [2.45, 2.75) is 13.8 Å². The summed E-state index contributed by atoms with van der Waals surface area (Å²) in [5.74, 6) is -1.26. The summed E-state index contributed by atoms with van der Waals surface area (Å²) in [4.78, 5) is 23.9. The van der Waals surface area contributed by atoms with Gasteiger partial charge >= 0.3 is 5.97 Å². The van der Waals surface area contributed by atoms with Crippen LogP contribution in [0.3, 0.4) is 0 Å². The molecule has 0 aromatic heterocycles. The minimum absolute atomic E-state index is 0.135. The second-order valence-corrected chi connectivity index (χ2v) is 5.12. The number of carbonyl (C=O) groups is 2. The molecule has 1 N–H and O–H groups in total. The van der Waals surface area contributed by atoms with Gasteiger partial charge in [-0.3, -0.25) is 9.59 Å². The number of ether oxygens (including phenoxy) is 1. The summed E-state index contributed by atoms with van der Waals surface area (Å²) >= 11 is 5.89. The van der Waals surface area contributed by atoms with Crippen LogP contribution >= 0.6 is 11.6 Å².